The Morgan fingerprint density at radius 2 is 1.60 bits per heavy atom. The predicted molar refractivity (Wildman–Crippen MR) is 78.5 cm³/mol. The molecule has 0 bridgehead atoms. The second-order valence-corrected chi connectivity index (χ2v) is 4.95. The number of hydrogen-bond donors (Lipinski definition) is 1. The molecule has 2 aromatic carbocycles. The summed E-state index contributed by atoms with van der Waals surface area (Å²) in [5, 5.41) is 11.9. The first kappa shape index (κ1) is 12.9. The summed E-state index contributed by atoms with van der Waals surface area (Å²) >= 11 is 5.93. The quantitative estimate of drug-likeness (QED) is 0.801. The third kappa shape index (κ3) is 2.11. The molecule has 0 aliphatic carbocycles. The van der Waals surface area contributed by atoms with Gasteiger partial charge in [0.15, 0.2) is 5.72 Å². The van der Waals surface area contributed by atoms with E-state index in [0.29, 0.717) is 5.02 Å². The summed E-state index contributed by atoms with van der Waals surface area (Å²) in [5.74, 6) is 0. The number of aromatic nitrogens is 2. The van der Waals surface area contributed by atoms with E-state index in [4.69, 9.17) is 11.6 Å². The molecule has 0 aliphatic heterocycles. The molecule has 3 aromatic rings. The zero-order chi connectivity index (χ0) is 14.0. The molecular formula is C16H13ClN2O. The first-order chi connectivity index (χ1) is 9.71. The van der Waals surface area contributed by atoms with Gasteiger partial charge in [-0.05, 0) is 12.1 Å². The highest BCUT2D eigenvalue weighted by molar-refractivity contribution is 6.30. The summed E-state index contributed by atoms with van der Waals surface area (Å²) in [6.07, 6.45) is 4.98. The summed E-state index contributed by atoms with van der Waals surface area (Å²) in [6, 6.07) is 16.6. The van der Waals surface area contributed by atoms with Crippen LogP contribution in [0.1, 0.15) is 11.1 Å². The average molecular weight is 285 g/mol. The molecule has 20 heavy (non-hydrogen) atoms. The molecule has 0 saturated heterocycles. The molecule has 3 nitrogen and oxygen atoms in total. The molecule has 1 atom stereocenters. The minimum Gasteiger partial charge on any atom is -0.363 e. The number of benzene rings is 2. The maximum absolute atomic E-state index is 11.3. The second-order valence-electron chi connectivity index (χ2n) is 4.52. The Bertz CT molecular complexity index is 680. The van der Waals surface area contributed by atoms with Crippen molar-refractivity contribution < 1.29 is 5.11 Å². The molecule has 1 heterocycles. The smallest absolute Gasteiger partial charge is 0.195 e. The van der Waals surface area contributed by atoms with E-state index in [9.17, 15) is 5.11 Å². The van der Waals surface area contributed by atoms with E-state index in [-0.39, 0.29) is 0 Å². The maximum atomic E-state index is 11.3. The Morgan fingerprint density at radius 3 is 2.20 bits per heavy atom. The fourth-order valence-electron chi connectivity index (χ4n) is 2.27. The van der Waals surface area contributed by atoms with Gasteiger partial charge in [-0.15, -0.1) is 0 Å². The third-order valence-electron chi connectivity index (χ3n) is 3.30. The lowest BCUT2D eigenvalue weighted by atomic mass is 9.94. The molecule has 1 N–H and O–H groups in total. The monoisotopic (exact) mass is 284 g/mol. The van der Waals surface area contributed by atoms with Crippen LogP contribution in [0.4, 0.5) is 0 Å². The molecule has 1 aromatic heterocycles. The lowest BCUT2D eigenvalue weighted by Gasteiger charge is -2.30. The average Bonchev–Trinajstić information content (AvgIpc) is 3.03. The van der Waals surface area contributed by atoms with Gasteiger partial charge in [-0.1, -0.05) is 54.1 Å². The molecule has 100 valence electrons. The molecule has 0 radical (unpaired) electrons. The normalized spacial score (nSPS) is 13.9. The molecule has 4 heteroatoms. The third-order valence-corrected chi connectivity index (χ3v) is 3.55. The van der Waals surface area contributed by atoms with Gasteiger partial charge in [0.25, 0.3) is 0 Å². The Morgan fingerprint density at radius 1 is 0.950 bits per heavy atom. The van der Waals surface area contributed by atoms with Gasteiger partial charge in [0.1, 0.15) is 0 Å². The Balaban J connectivity index is 2.21. The van der Waals surface area contributed by atoms with Gasteiger partial charge in [-0.25, -0.2) is 4.98 Å². The fourth-order valence-corrected chi connectivity index (χ4v) is 2.39. The topological polar surface area (TPSA) is 38.0 Å². The van der Waals surface area contributed by atoms with E-state index < -0.39 is 5.72 Å². The maximum Gasteiger partial charge on any atom is 0.195 e. The Labute approximate surface area is 122 Å². The predicted octanol–water partition coefficient (Wildman–Crippen LogP) is 3.28. The Hall–Kier alpha value is -2.10. The zero-order valence-electron chi connectivity index (χ0n) is 10.6. The molecule has 0 saturated carbocycles. The van der Waals surface area contributed by atoms with Crippen molar-refractivity contribution in [2.75, 3.05) is 0 Å². The van der Waals surface area contributed by atoms with Crippen molar-refractivity contribution in [1.29, 1.82) is 0 Å². The summed E-state index contributed by atoms with van der Waals surface area (Å²) in [6.45, 7) is 0. The van der Waals surface area contributed by atoms with Gasteiger partial charge in [0, 0.05) is 28.5 Å². The van der Waals surface area contributed by atoms with Gasteiger partial charge in [0.2, 0.25) is 0 Å². The van der Waals surface area contributed by atoms with Crippen LogP contribution in [-0.2, 0) is 5.72 Å². The van der Waals surface area contributed by atoms with Crippen molar-refractivity contribution in [3.63, 3.8) is 0 Å². The lowest BCUT2D eigenvalue weighted by Crippen LogP contribution is -2.35. The van der Waals surface area contributed by atoms with Crippen molar-refractivity contribution in [3.8, 4) is 0 Å². The van der Waals surface area contributed by atoms with Crippen LogP contribution in [0.25, 0.3) is 0 Å². The minimum atomic E-state index is -1.30. The van der Waals surface area contributed by atoms with Gasteiger partial charge in [-0.3, -0.25) is 0 Å². The van der Waals surface area contributed by atoms with Crippen LogP contribution in [0.2, 0.25) is 5.02 Å². The van der Waals surface area contributed by atoms with E-state index >= 15 is 0 Å². The van der Waals surface area contributed by atoms with E-state index in [0.717, 1.165) is 11.1 Å². The van der Waals surface area contributed by atoms with Gasteiger partial charge >= 0.3 is 0 Å². The standard InChI is InChI=1S/C16H13ClN2O/c17-15-8-6-14(7-9-15)16(20,19-11-10-18-12-19)13-4-2-1-3-5-13/h1-12,20H. The highest BCUT2D eigenvalue weighted by Gasteiger charge is 2.33. The van der Waals surface area contributed by atoms with Crippen LogP contribution in [0.3, 0.4) is 0 Å². The SMILES string of the molecule is OC(c1ccccc1)(c1ccc(Cl)cc1)n1ccnc1. The van der Waals surface area contributed by atoms with Gasteiger partial charge in [0.05, 0.1) is 6.33 Å². The molecule has 0 aliphatic rings. The molecule has 3 rings (SSSR count). The number of imidazole rings is 1. The van der Waals surface area contributed by atoms with Gasteiger partial charge < -0.3 is 9.67 Å². The zero-order valence-corrected chi connectivity index (χ0v) is 11.4. The number of hydrogen-bond acceptors (Lipinski definition) is 2. The minimum absolute atomic E-state index is 0.634. The number of halogens is 1. The Kier molecular flexibility index (Phi) is 3.30. The van der Waals surface area contributed by atoms with Crippen molar-refractivity contribution in [1.82, 2.24) is 9.55 Å². The lowest BCUT2D eigenvalue weighted by molar-refractivity contribution is 0.0485. The summed E-state index contributed by atoms with van der Waals surface area (Å²) in [7, 11) is 0. The number of rotatable bonds is 3. The largest absolute Gasteiger partial charge is 0.363 e. The van der Waals surface area contributed by atoms with Crippen LogP contribution in [0.15, 0.2) is 73.3 Å². The summed E-state index contributed by atoms with van der Waals surface area (Å²) < 4.78 is 1.67. The van der Waals surface area contributed by atoms with Crippen molar-refractivity contribution in [2.24, 2.45) is 0 Å². The van der Waals surface area contributed by atoms with E-state index in [1.54, 1.807) is 35.4 Å². The fraction of sp³-hybridized carbons (Fsp3) is 0.0625. The highest BCUT2D eigenvalue weighted by Crippen LogP contribution is 2.31. The van der Waals surface area contributed by atoms with Crippen molar-refractivity contribution in [3.05, 3.63) is 89.5 Å². The second kappa shape index (κ2) is 5.12. The van der Waals surface area contributed by atoms with Crippen LogP contribution >= 0.6 is 11.6 Å². The van der Waals surface area contributed by atoms with E-state index in [2.05, 4.69) is 4.98 Å². The van der Waals surface area contributed by atoms with Crippen molar-refractivity contribution >= 4 is 11.6 Å². The highest BCUT2D eigenvalue weighted by atomic mass is 35.5. The number of nitrogens with zero attached hydrogens (tertiary/aromatic N) is 2. The van der Waals surface area contributed by atoms with Crippen molar-refractivity contribution in [2.45, 2.75) is 5.72 Å². The summed E-state index contributed by atoms with van der Waals surface area (Å²) in [5.41, 5.74) is 0.189. The van der Waals surface area contributed by atoms with E-state index in [1.807, 2.05) is 42.5 Å². The van der Waals surface area contributed by atoms with Crippen LogP contribution in [0, 0.1) is 0 Å². The number of aliphatic hydroxyl groups is 1. The molecule has 0 spiro atoms. The summed E-state index contributed by atoms with van der Waals surface area (Å²) in [4.78, 5) is 4.03. The molecule has 0 fully saturated rings. The molecule has 1 unspecified atom stereocenters. The van der Waals surface area contributed by atoms with Crippen LogP contribution < -0.4 is 0 Å². The van der Waals surface area contributed by atoms with Crippen LogP contribution in [0.5, 0.6) is 0 Å². The first-order valence-corrected chi connectivity index (χ1v) is 6.61. The first-order valence-electron chi connectivity index (χ1n) is 6.23. The van der Waals surface area contributed by atoms with Gasteiger partial charge in [-0.2, -0.15) is 0 Å². The molecule has 0 amide bonds. The molecular weight excluding hydrogens is 272 g/mol. The van der Waals surface area contributed by atoms with Crippen LogP contribution in [-0.4, -0.2) is 14.7 Å². The van der Waals surface area contributed by atoms with E-state index in [1.165, 1.54) is 0 Å².